The second-order valence-corrected chi connectivity index (χ2v) is 4.21. The third-order valence-corrected chi connectivity index (χ3v) is 2.55. The molecule has 0 aromatic heterocycles. The molecule has 3 N–H and O–H groups in total. The molecule has 0 fully saturated rings. The zero-order chi connectivity index (χ0) is 13.5. The maximum Gasteiger partial charge on any atom is 0.238 e. The number of nitrogens with one attached hydrogen (secondary N) is 3. The summed E-state index contributed by atoms with van der Waals surface area (Å²) in [6, 6.07) is 6.45. The third kappa shape index (κ3) is 4.73. The molecule has 0 aliphatic rings. The third-order valence-electron chi connectivity index (χ3n) is 2.32. The molecule has 0 aliphatic carbocycles. The molecule has 0 bridgehead atoms. The van der Waals surface area contributed by atoms with E-state index in [1.165, 1.54) is 0 Å². The largest absolute Gasteiger partial charge is 0.358 e. The topological polar surface area (TPSA) is 70.2 Å². The predicted molar refractivity (Wildman–Crippen MR) is 71.6 cm³/mol. The fourth-order valence-electron chi connectivity index (χ4n) is 1.33. The van der Waals surface area contributed by atoms with Crippen molar-refractivity contribution in [3.63, 3.8) is 0 Å². The van der Waals surface area contributed by atoms with Gasteiger partial charge >= 0.3 is 0 Å². The van der Waals surface area contributed by atoms with Crippen molar-refractivity contribution in [1.82, 2.24) is 10.6 Å². The minimum Gasteiger partial charge on any atom is -0.358 e. The Morgan fingerprint density at radius 2 is 2.11 bits per heavy atom. The van der Waals surface area contributed by atoms with Gasteiger partial charge in [0.1, 0.15) is 0 Å². The Labute approximate surface area is 111 Å². The first-order valence-corrected chi connectivity index (χ1v) is 5.91. The summed E-state index contributed by atoms with van der Waals surface area (Å²) in [7, 11) is 1.55. The van der Waals surface area contributed by atoms with Crippen LogP contribution in [-0.2, 0) is 9.59 Å². The number of halogens is 1. The molecule has 0 saturated heterocycles. The zero-order valence-electron chi connectivity index (χ0n) is 10.3. The van der Waals surface area contributed by atoms with E-state index < -0.39 is 6.04 Å². The van der Waals surface area contributed by atoms with Crippen molar-refractivity contribution in [2.24, 2.45) is 0 Å². The fourth-order valence-corrected chi connectivity index (χ4v) is 1.52. The van der Waals surface area contributed by atoms with Gasteiger partial charge in [-0.1, -0.05) is 17.7 Å². The van der Waals surface area contributed by atoms with E-state index in [1.807, 2.05) is 0 Å². The van der Waals surface area contributed by atoms with E-state index in [0.29, 0.717) is 10.7 Å². The van der Waals surface area contributed by atoms with Gasteiger partial charge < -0.3 is 10.6 Å². The summed E-state index contributed by atoms with van der Waals surface area (Å²) < 4.78 is 0. The van der Waals surface area contributed by atoms with Crippen molar-refractivity contribution in [2.45, 2.75) is 13.0 Å². The van der Waals surface area contributed by atoms with Gasteiger partial charge in [-0.3, -0.25) is 14.9 Å². The Balaban J connectivity index is 2.41. The van der Waals surface area contributed by atoms with Crippen LogP contribution in [0.15, 0.2) is 24.3 Å². The molecular weight excluding hydrogens is 254 g/mol. The second kappa shape index (κ2) is 6.98. The normalized spacial score (nSPS) is 11.7. The van der Waals surface area contributed by atoms with Crippen LogP contribution in [0.2, 0.25) is 5.02 Å². The lowest BCUT2D eigenvalue weighted by atomic mass is 10.3. The van der Waals surface area contributed by atoms with Gasteiger partial charge in [0.2, 0.25) is 11.8 Å². The van der Waals surface area contributed by atoms with Gasteiger partial charge in [0.15, 0.2) is 0 Å². The maximum atomic E-state index is 11.6. The predicted octanol–water partition coefficient (Wildman–Crippen LogP) is 1.00. The van der Waals surface area contributed by atoms with E-state index >= 15 is 0 Å². The van der Waals surface area contributed by atoms with Crippen LogP contribution in [0.4, 0.5) is 5.69 Å². The number of carbonyl (C=O) groups is 2. The highest BCUT2D eigenvalue weighted by Gasteiger charge is 2.11. The lowest BCUT2D eigenvalue weighted by Gasteiger charge is -2.12. The summed E-state index contributed by atoms with van der Waals surface area (Å²) in [6.07, 6.45) is 0. The number of carbonyl (C=O) groups excluding carboxylic acids is 2. The lowest BCUT2D eigenvalue weighted by Crippen LogP contribution is -2.43. The summed E-state index contributed by atoms with van der Waals surface area (Å²) in [4.78, 5) is 22.8. The van der Waals surface area contributed by atoms with Gasteiger partial charge in [0, 0.05) is 17.8 Å². The van der Waals surface area contributed by atoms with Gasteiger partial charge in [-0.05, 0) is 25.1 Å². The van der Waals surface area contributed by atoms with Gasteiger partial charge in [-0.2, -0.15) is 0 Å². The highest BCUT2D eigenvalue weighted by Crippen LogP contribution is 2.14. The number of hydrogen-bond acceptors (Lipinski definition) is 3. The highest BCUT2D eigenvalue weighted by atomic mass is 35.5. The molecule has 0 heterocycles. The molecule has 1 aromatic rings. The summed E-state index contributed by atoms with van der Waals surface area (Å²) in [5, 5.41) is 8.54. The van der Waals surface area contributed by atoms with E-state index in [9.17, 15) is 9.59 Å². The maximum absolute atomic E-state index is 11.6. The van der Waals surface area contributed by atoms with Crippen LogP contribution in [0.3, 0.4) is 0 Å². The number of benzene rings is 1. The summed E-state index contributed by atoms with van der Waals surface area (Å²) in [5.41, 5.74) is 0.627. The van der Waals surface area contributed by atoms with Crippen LogP contribution in [-0.4, -0.2) is 31.4 Å². The quantitative estimate of drug-likeness (QED) is 0.747. The molecule has 6 heteroatoms. The Morgan fingerprint density at radius 1 is 1.39 bits per heavy atom. The molecule has 98 valence electrons. The molecule has 0 saturated carbocycles. The molecule has 1 atom stereocenters. The Bertz CT molecular complexity index is 437. The van der Waals surface area contributed by atoms with Gasteiger partial charge in [0.05, 0.1) is 12.6 Å². The second-order valence-electron chi connectivity index (χ2n) is 3.78. The van der Waals surface area contributed by atoms with E-state index in [1.54, 1.807) is 38.2 Å². The monoisotopic (exact) mass is 269 g/mol. The molecule has 0 aliphatic heterocycles. The van der Waals surface area contributed by atoms with Gasteiger partial charge in [-0.15, -0.1) is 0 Å². The SMILES string of the molecule is CNC(=O)C(C)NCC(=O)Nc1cccc(Cl)c1. The molecule has 1 unspecified atom stereocenters. The van der Waals surface area contributed by atoms with Crippen LogP contribution in [0.1, 0.15) is 6.92 Å². The molecule has 0 radical (unpaired) electrons. The van der Waals surface area contributed by atoms with Crippen molar-refractivity contribution in [3.8, 4) is 0 Å². The van der Waals surface area contributed by atoms with Crippen LogP contribution in [0.5, 0.6) is 0 Å². The Morgan fingerprint density at radius 3 is 2.72 bits per heavy atom. The molecule has 1 rings (SSSR count). The smallest absolute Gasteiger partial charge is 0.238 e. The number of hydrogen-bond donors (Lipinski definition) is 3. The highest BCUT2D eigenvalue weighted by molar-refractivity contribution is 6.30. The number of anilines is 1. The fraction of sp³-hybridized carbons (Fsp3) is 0.333. The van der Waals surface area contributed by atoms with Crippen molar-refractivity contribution in [2.75, 3.05) is 18.9 Å². The van der Waals surface area contributed by atoms with Crippen molar-refractivity contribution < 1.29 is 9.59 Å². The Kier molecular flexibility index (Phi) is 5.61. The van der Waals surface area contributed by atoms with E-state index in [-0.39, 0.29) is 18.4 Å². The Hall–Kier alpha value is -1.59. The van der Waals surface area contributed by atoms with Crippen LogP contribution >= 0.6 is 11.6 Å². The summed E-state index contributed by atoms with van der Waals surface area (Å²) in [5.74, 6) is -0.390. The minimum absolute atomic E-state index is 0.0566. The first-order chi connectivity index (χ1) is 8.52. The average Bonchev–Trinajstić information content (AvgIpc) is 2.35. The van der Waals surface area contributed by atoms with Crippen molar-refractivity contribution in [3.05, 3.63) is 29.3 Å². The first kappa shape index (κ1) is 14.5. The van der Waals surface area contributed by atoms with Crippen LogP contribution < -0.4 is 16.0 Å². The molecule has 2 amide bonds. The van der Waals surface area contributed by atoms with E-state index in [2.05, 4.69) is 16.0 Å². The molecule has 0 spiro atoms. The lowest BCUT2D eigenvalue weighted by molar-refractivity contribution is -0.122. The molecule has 5 nitrogen and oxygen atoms in total. The standard InChI is InChI=1S/C12H16ClN3O2/c1-8(12(18)14-2)15-7-11(17)16-10-5-3-4-9(13)6-10/h3-6,8,15H,7H2,1-2H3,(H,14,18)(H,16,17). The van der Waals surface area contributed by atoms with E-state index in [0.717, 1.165) is 0 Å². The molecule has 1 aromatic carbocycles. The zero-order valence-corrected chi connectivity index (χ0v) is 11.0. The number of rotatable bonds is 5. The minimum atomic E-state index is -0.417. The van der Waals surface area contributed by atoms with Gasteiger partial charge in [-0.25, -0.2) is 0 Å². The number of amides is 2. The van der Waals surface area contributed by atoms with Crippen molar-refractivity contribution in [1.29, 1.82) is 0 Å². The first-order valence-electron chi connectivity index (χ1n) is 5.53. The summed E-state index contributed by atoms with van der Waals surface area (Å²) >= 11 is 5.80. The van der Waals surface area contributed by atoms with Crippen LogP contribution in [0, 0.1) is 0 Å². The summed E-state index contributed by atoms with van der Waals surface area (Å²) in [6.45, 7) is 1.74. The molecular formula is C12H16ClN3O2. The van der Waals surface area contributed by atoms with Gasteiger partial charge in [0.25, 0.3) is 0 Å². The number of likely N-dealkylation sites (N-methyl/N-ethyl adjacent to an activating group) is 1. The van der Waals surface area contributed by atoms with Crippen molar-refractivity contribution >= 4 is 29.1 Å². The average molecular weight is 270 g/mol. The van der Waals surface area contributed by atoms with Crippen LogP contribution in [0.25, 0.3) is 0 Å². The van der Waals surface area contributed by atoms with E-state index in [4.69, 9.17) is 11.6 Å². The molecule has 18 heavy (non-hydrogen) atoms.